The Balaban J connectivity index is 1.58. The van der Waals surface area contributed by atoms with Crippen LogP contribution in [0.1, 0.15) is 42.8 Å². The second-order valence-corrected chi connectivity index (χ2v) is 9.71. The number of likely N-dealkylation sites (tertiary alicyclic amines) is 1. The van der Waals surface area contributed by atoms with Gasteiger partial charge in [-0.25, -0.2) is 8.42 Å². The number of hydrogen-bond acceptors (Lipinski definition) is 7. The van der Waals surface area contributed by atoms with Crippen molar-refractivity contribution < 1.29 is 17.7 Å². The molecule has 11 heteroatoms. The van der Waals surface area contributed by atoms with E-state index >= 15 is 0 Å². The van der Waals surface area contributed by atoms with Gasteiger partial charge in [-0.1, -0.05) is 19.0 Å². The fourth-order valence-electron chi connectivity index (χ4n) is 3.29. The van der Waals surface area contributed by atoms with Crippen LogP contribution in [0.2, 0.25) is 0 Å². The number of carbonyl (C=O) groups excluding carboxylic acids is 1. The molecule has 1 fully saturated rings. The van der Waals surface area contributed by atoms with Crippen molar-refractivity contribution in [3.8, 4) is 0 Å². The lowest BCUT2D eigenvalue weighted by atomic mass is 10.1. The molecule has 1 aliphatic rings. The Kier molecular flexibility index (Phi) is 6.37. The Bertz CT molecular complexity index is 945. The zero-order valence-corrected chi connectivity index (χ0v) is 18.1. The molecule has 10 nitrogen and oxygen atoms in total. The first-order valence-corrected chi connectivity index (χ1v) is 11.6. The number of sulfonamides is 1. The van der Waals surface area contributed by atoms with Gasteiger partial charge in [0.1, 0.15) is 0 Å². The van der Waals surface area contributed by atoms with E-state index in [4.69, 9.17) is 4.52 Å². The molecular weight excluding hydrogens is 396 g/mol. The molecule has 2 aromatic heterocycles. The van der Waals surface area contributed by atoms with Gasteiger partial charge in [0.05, 0.1) is 24.1 Å². The number of rotatable bonds is 9. The number of amides is 1. The van der Waals surface area contributed by atoms with E-state index in [1.54, 1.807) is 22.0 Å². The molecule has 1 aliphatic heterocycles. The topological polar surface area (TPSA) is 114 Å². The molecule has 0 N–H and O–H groups in total. The highest BCUT2D eigenvalue weighted by atomic mass is 32.2. The van der Waals surface area contributed by atoms with Gasteiger partial charge >= 0.3 is 0 Å². The molecule has 0 saturated carbocycles. The summed E-state index contributed by atoms with van der Waals surface area (Å²) in [4.78, 5) is 18.5. The van der Waals surface area contributed by atoms with Crippen molar-refractivity contribution in [1.82, 2.24) is 29.1 Å². The van der Waals surface area contributed by atoms with Gasteiger partial charge in [0.15, 0.2) is 5.82 Å². The molecule has 0 spiro atoms. The summed E-state index contributed by atoms with van der Waals surface area (Å²) in [7, 11) is -3.43. The highest BCUT2D eigenvalue weighted by Gasteiger charge is 2.39. The molecule has 0 atom stereocenters. The number of aryl methyl sites for hydroxylation is 1. The average molecular weight is 425 g/mol. The Morgan fingerprint density at radius 3 is 2.69 bits per heavy atom. The van der Waals surface area contributed by atoms with Crippen molar-refractivity contribution in [2.75, 3.05) is 25.9 Å². The SMILES string of the molecule is CCn1cc(C(=O)N2CC(N(CCc3noc(CC(C)C)n3)S(C)(=O)=O)C2)cn1. The minimum atomic E-state index is -3.43. The molecule has 3 rings (SSSR count). The first kappa shape index (κ1) is 21.4. The predicted molar refractivity (Wildman–Crippen MR) is 106 cm³/mol. The highest BCUT2D eigenvalue weighted by Crippen LogP contribution is 2.21. The maximum absolute atomic E-state index is 12.5. The van der Waals surface area contributed by atoms with Gasteiger partial charge in [-0.15, -0.1) is 0 Å². The normalized spacial score (nSPS) is 15.3. The van der Waals surface area contributed by atoms with Crippen molar-refractivity contribution in [1.29, 1.82) is 0 Å². The van der Waals surface area contributed by atoms with Gasteiger partial charge in [0, 0.05) is 45.2 Å². The minimum Gasteiger partial charge on any atom is -0.339 e. The summed E-state index contributed by atoms with van der Waals surface area (Å²) in [6.07, 6.45) is 5.48. The molecule has 2 aromatic rings. The molecule has 1 amide bonds. The van der Waals surface area contributed by atoms with E-state index in [0.717, 1.165) is 0 Å². The van der Waals surface area contributed by atoms with Crippen LogP contribution in [0.25, 0.3) is 0 Å². The van der Waals surface area contributed by atoms with E-state index in [1.807, 2.05) is 6.92 Å². The smallest absolute Gasteiger partial charge is 0.257 e. The van der Waals surface area contributed by atoms with Crippen molar-refractivity contribution in [3.63, 3.8) is 0 Å². The zero-order chi connectivity index (χ0) is 21.2. The van der Waals surface area contributed by atoms with Crippen LogP contribution in [0.4, 0.5) is 0 Å². The fourth-order valence-corrected chi connectivity index (χ4v) is 4.38. The summed E-state index contributed by atoms with van der Waals surface area (Å²) in [5.74, 6) is 1.33. The highest BCUT2D eigenvalue weighted by molar-refractivity contribution is 7.88. The van der Waals surface area contributed by atoms with E-state index in [9.17, 15) is 13.2 Å². The van der Waals surface area contributed by atoms with E-state index in [2.05, 4.69) is 29.1 Å². The van der Waals surface area contributed by atoms with Crippen LogP contribution in [-0.4, -0.2) is 75.4 Å². The predicted octanol–water partition coefficient (Wildman–Crippen LogP) is 0.813. The van der Waals surface area contributed by atoms with Crippen LogP contribution < -0.4 is 0 Å². The summed E-state index contributed by atoms with van der Waals surface area (Å²) in [6.45, 7) is 7.72. The first-order chi connectivity index (χ1) is 13.7. The molecule has 29 heavy (non-hydrogen) atoms. The molecule has 0 aromatic carbocycles. The quantitative estimate of drug-likeness (QED) is 0.585. The maximum atomic E-state index is 12.5. The molecule has 0 bridgehead atoms. The van der Waals surface area contributed by atoms with Crippen LogP contribution in [0.5, 0.6) is 0 Å². The van der Waals surface area contributed by atoms with Crippen LogP contribution in [0, 0.1) is 5.92 Å². The summed E-state index contributed by atoms with van der Waals surface area (Å²) in [5.41, 5.74) is 0.515. The van der Waals surface area contributed by atoms with Gasteiger partial charge in [0.2, 0.25) is 15.9 Å². The van der Waals surface area contributed by atoms with Gasteiger partial charge in [-0.05, 0) is 12.8 Å². The van der Waals surface area contributed by atoms with Crippen LogP contribution in [-0.2, 0) is 29.4 Å². The summed E-state index contributed by atoms with van der Waals surface area (Å²) < 4.78 is 32.9. The van der Waals surface area contributed by atoms with Gasteiger partial charge in [-0.2, -0.15) is 14.4 Å². The van der Waals surface area contributed by atoms with Gasteiger partial charge in [0.25, 0.3) is 5.91 Å². The summed E-state index contributed by atoms with van der Waals surface area (Å²) in [6, 6.07) is -0.253. The lowest BCUT2D eigenvalue weighted by Crippen LogP contribution is -2.62. The number of carbonyl (C=O) groups is 1. The number of nitrogens with zero attached hydrogens (tertiary/aromatic N) is 6. The second-order valence-electron chi connectivity index (χ2n) is 7.77. The van der Waals surface area contributed by atoms with Crippen LogP contribution in [0.3, 0.4) is 0 Å². The first-order valence-electron chi connectivity index (χ1n) is 9.77. The molecule has 0 unspecified atom stereocenters. The van der Waals surface area contributed by atoms with Crippen LogP contribution in [0.15, 0.2) is 16.9 Å². The van der Waals surface area contributed by atoms with E-state index < -0.39 is 10.0 Å². The largest absolute Gasteiger partial charge is 0.339 e. The Labute approximate surface area is 170 Å². The molecule has 0 radical (unpaired) electrons. The van der Waals surface area contributed by atoms with Crippen molar-refractivity contribution >= 4 is 15.9 Å². The fraction of sp³-hybridized carbons (Fsp3) is 0.667. The zero-order valence-electron chi connectivity index (χ0n) is 17.3. The van der Waals surface area contributed by atoms with Crippen molar-refractivity contribution in [3.05, 3.63) is 29.7 Å². The third-order valence-electron chi connectivity index (χ3n) is 4.84. The minimum absolute atomic E-state index is 0.133. The second kappa shape index (κ2) is 8.62. The number of aromatic nitrogens is 4. The Morgan fingerprint density at radius 2 is 2.10 bits per heavy atom. The lowest BCUT2D eigenvalue weighted by molar-refractivity contribution is 0.0454. The van der Waals surface area contributed by atoms with Crippen molar-refractivity contribution in [2.45, 2.75) is 46.2 Å². The van der Waals surface area contributed by atoms with E-state index in [1.165, 1.54) is 10.6 Å². The van der Waals surface area contributed by atoms with Gasteiger partial charge < -0.3 is 9.42 Å². The van der Waals surface area contributed by atoms with E-state index in [0.29, 0.717) is 55.7 Å². The molecule has 3 heterocycles. The molecular formula is C18H28N6O4S. The van der Waals surface area contributed by atoms with Crippen LogP contribution >= 0.6 is 0 Å². The average Bonchev–Trinajstić information content (AvgIpc) is 3.23. The lowest BCUT2D eigenvalue weighted by Gasteiger charge is -2.44. The molecule has 0 aliphatic carbocycles. The Hall–Kier alpha value is -2.27. The molecule has 160 valence electrons. The van der Waals surface area contributed by atoms with Gasteiger partial charge in [-0.3, -0.25) is 9.48 Å². The summed E-state index contributed by atoms with van der Waals surface area (Å²) >= 11 is 0. The van der Waals surface area contributed by atoms with E-state index in [-0.39, 0.29) is 18.5 Å². The standard InChI is InChI=1S/C18H28N6O4S/c1-5-23-10-14(9-19-23)18(25)22-11-15(12-22)24(29(4,26)27)7-6-16-20-17(28-21-16)8-13(2)3/h9-10,13,15H,5-8,11-12H2,1-4H3. The third kappa shape index (κ3) is 5.21. The Morgan fingerprint density at radius 1 is 1.38 bits per heavy atom. The summed E-state index contributed by atoms with van der Waals surface area (Å²) in [5, 5.41) is 8.05. The maximum Gasteiger partial charge on any atom is 0.257 e. The number of hydrogen-bond donors (Lipinski definition) is 0. The monoisotopic (exact) mass is 424 g/mol. The third-order valence-corrected chi connectivity index (χ3v) is 6.17. The van der Waals surface area contributed by atoms with Crippen molar-refractivity contribution in [2.24, 2.45) is 5.92 Å². The molecule has 1 saturated heterocycles.